The van der Waals surface area contributed by atoms with Gasteiger partial charge in [-0.05, 0) is 54.1 Å². The van der Waals surface area contributed by atoms with Gasteiger partial charge in [0.1, 0.15) is 11.5 Å². The normalized spacial score (nSPS) is 10.8. The van der Waals surface area contributed by atoms with Crippen LogP contribution in [-0.2, 0) is 10.5 Å². The lowest BCUT2D eigenvalue weighted by Gasteiger charge is -2.12. The van der Waals surface area contributed by atoms with E-state index in [9.17, 15) is 4.79 Å². The van der Waals surface area contributed by atoms with Crippen LogP contribution in [0.5, 0.6) is 11.5 Å². The van der Waals surface area contributed by atoms with Gasteiger partial charge in [-0.25, -0.2) is 0 Å². The van der Waals surface area contributed by atoms with E-state index >= 15 is 0 Å². The highest BCUT2D eigenvalue weighted by atomic mass is 32.2. The zero-order valence-corrected chi connectivity index (χ0v) is 21.2. The molecule has 1 N–H and O–H groups in total. The quantitative estimate of drug-likeness (QED) is 0.236. The highest BCUT2D eigenvalue weighted by Gasteiger charge is 2.17. The van der Waals surface area contributed by atoms with Gasteiger partial charge in [-0.1, -0.05) is 36.0 Å². The van der Waals surface area contributed by atoms with E-state index in [2.05, 4.69) is 15.5 Å². The van der Waals surface area contributed by atoms with Crippen molar-refractivity contribution in [3.8, 4) is 28.6 Å². The number of ether oxygens (including phenoxy) is 3. The van der Waals surface area contributed by atoms with Crippen molar-refractivity contribution in [1.29, 1.82) is 0 Å². The average molecular weight is 505 g/mol. The Morgan fingerprint density at radius 3 is 2.44 bits per heavy atom. The summed E-state index contributed by atoms with van der Waals surface area (Å²) in [5, 5.41) is 12.6. The lowest BCUT2D eigenvalue weighted by atomic mass is 10.1. The lowest BCUT2D eigenvalue weighted by Crippen LogP contribution is -2.26. The van der Waals surface area contributed by atoms with E-state index in [1.807, 2.05) is 71.3 Å². The Hall–Kier alpha value is -3.82. The standard InChI is InChI=1S/C27H28N4O4S/c1-33-15-14-28-26(32)21-8-4-6-19(16-21)18-36-27-30-29-25(20-7-5-9-24(17-20)35-3)31(27)22-10-12-23(34-2)13-11-22/h4-13,16-17H,14-15,18H2,1-3H3,(H,28,32). The van der Waals surface area contributed by atoms with Crippen LogP contribution in [0.25, 0.3) is 17.1 Å². The van der Waals surface area contributed by atoms with Crippen LogP contribution in [0.3, 0.4) is 0 Å². The second kappa shape index (κ2) is 12.2. The summed E-state index contributed by atoms with van der Waals surface area (Å²) in [5.41, 5.74) is 3.41. The van der Waals surface area contributed by atoms with Gasteiger partial charge in [0.2, 0.25) is 0 Å². The highest BCUT2D eigenvalue weighted by Crippen LogP contribution is 2.31. The number of hydrogen-bond acceptors (Lipinski definition) is 7. The average Bonchev–Trinajstić information content (AvgIpc) is 3.36. The number of amides is 1. The van der Waals surface area contributed by atoms with Gasteiger partial charge in [0.05, 0.1) is 20.8 Å². The van der Waals surface area contributed by atoms with Gasteiger partial charge in [0.25, 0.3) is 5.91 Å². The number of carbonyl (C=O) groups excluding carboxylic acids is 1. The molecule has 0 radical (unpaired) electrons. The number of benzene rings is 3. The zero-order valence-electron chi connectivity index (χ0n) is 20.4. The molecule has 4 rings (SSSR count). The molecule has 1 heterocycles. The monoisotopic (exact) mass is 504 g/mol. The maximum atomic E-state index is 12.4. The lowest BCUT2D eigenvalue weighted by molar-refractivity contribution is 0.0937. The fourth-order valence-electron chi connectivity index (χ4n) is 3.60. The number of nitrogens with zero attached hydrogens (tertiary/aromatic N) is 3. The molecular formula is C27H28N4O4S. The fraction of sp³-hybridized carbons (Fsp3) is 0.222. The van der Waals surface area contributed by atoms with Gasteiger partial charge < -0.3 is 19.5 Å². The number of carbonyl (C=O) groups is 1. The summed E-state index contributed by atoms with van der Waals surface area (Å²) >= 11 is 1.55. The topological polar surface area (TPSA) is 87.5 Å². The molecule has 0 unspecified atom stereocenters. The molecule has 0 aliphatic carbocycles. The minimum atomic E-state index is -0.124. The fourth-order valence-corrected chi connectivity index (χ4v) is 4.49. The van der Waals surface area contributed by atoms with Crippen LogP contribution in [0.1, 0.15) is 15.9 Å². The molecule has 0 saturated heterocycles. The molecule has 0 aliphatic heterocycles. The molecule has 9 heteroatoms. The SMILES string of the molecule is COCCNC(=O)c1cccc(CSc2nnc(-c3cccc(OC)c3)n2-c2ccc(OC)cc2)c1. The van der Waals surface area contributed by atoms with Gasteiger partial charge >= 0.3 is 0 Å². The first-order valence-electron chi connectivity index (χ1n) is 11.4. The van der Waals surface area contributed by atoms with Crippen LogP contribution in [0, 0.1) is 0 Å². The van der Waals surface area contributed by atoms with Gasteiger partial charge in [-0.2, -0.15) is 0 Å². The van der Waals surface area contributed by atoms with E-state index in [4.69, 9.17) is 14.2 Å². The molecular weight excluding hydrogens is 476 g/mol. The summed E-state index contributed by atoms with van der Waals surface area (Å²) in [6.45, 7) is 0.935. The molecule has 0 fully saturated rings. The molecule has 36 heavy (non-hydrogen) atoms. The van der Waals surface area contributed by atoms with E-state index in [-0.39, 0.29) is 5.91 Å². The first kappa shape index (κ1) is 25.3. The summed E-state index contributed by atoms with van der Waals surface area (Å²) in [6.07, 6.45) is 0. The molecule has 0 spiro atoms. The molecule has 3 aromatic carbocycles. The van der Waals surface area contributed by atoms with E-state index < -0.39 is 0 Å². The molecule has 0 saturated carbocycles. The molecule has 1 amide bonds. The highest BCUT2D eigenvalue weighted by molar-refractivity contribution is 7.98. The summed E-state index contributed by atoms with van der Waals surface area (Å²) in [6, 6.07) is 23.1. The largest absolute Gasteiger partial charge is 0.497 e. The third kappa shape index (κ3) is 6.05. The first-order valence-corrected chi connectivity index (χ1v) is 12.3. The van der Waals surface area contributed by atoms with E-state index in [0.29, 0.717) is 30.3 Å². The number of hydrogen-bond donors (Lipinski definition) is 1. The van der Waals surface area contributed by atoms with E-state index in [1.54, 1.807) is 39.2 Å². The van der Waals surface area contributed by atoms with Crippen LogP contribution in [0.4, 0.5) is 0 Å². The van der Waals surface area contributed by atoms with Crippen LogP contribution in [0.15, 0.2) is 78.0 Å². The third-order valence-corrected chi connectivity index (χ3v) is 6.44. The first-order chi connectivity index (χ1) is 17.6. The zero-order chi connectivity index (χ0) is 25.3. The van der Waals surface area contributed by atoms with Gasteiger partial charge in [0, 0.05) is 36.2 Å². The van der Waals surface area contributed by atoms with Crippen LogP contribution < -0.4 is 14.8 Å². The number of rotatable bonds is 11. The minimum absolute atomic E-state index is 0.124. The molecule has 8 nitrogen and oxygen atoms in total. The summed E-state index contributed by atoms with van der Waals surface area (Å²) in [4.78, 5) is 12.4. The third-order valence-electron chi connectivity index (χ3n) is 5.44. The molecule has 0 atom stereocenters. The Balaban J connectivity index is 1.61. The summed E-state index contributed by atoms with van der Waals surface area (Å²) in [5.74, 6) is 2.70. The molecule has 0 aliphatic rings. The smallest absolute Gasteiger partial charge is 0.251 e. The molecule has 4 aromatic rings. The maximum Gasteiger partial charge on any atom is 0.251 e. The van der Waals surface area contributed by atoms with Crippen molar-refractivity contribution in [3.05, 3.63) is 83.9 Å². The Kier molecular flexibility index (Phi) is 8.59. The summed E-state index contributed by atoms with van der Waals surface area (Å²) < 4.78 is 17.7. The minimum Gasteiger partial charge on any atom is -0.497 e. The maximum absolute atomic E-state index is 12.4. The van der Waals surface area contributed by atoms with Crippen LogP contribution >= 0.6 is 11.8 Å². The van der Waals surface area contributed by atoms with E-state index in [1.165, 1.54) is 0 Å². The Bertz CT molecular complexity index is 1310. The molecule has 186 valence electrons. The number of aromatic nitrogens is 3. The second-order valence-electron chi connectivity index (χ2n) is 7.81. The van der Waals surface area contributed by atoms with Crippen molar-refractivity contribution < 1.29 is 19.0 Å². The molecule has 1 aromatic heterocycles. The van der Waals surface area contributed by atoms with Crippen LogP contribution in [-0.4, -0.2) is 55.2 Å². The number of methoxy groups -OCH3 is 3. The van der Waals surface area contributed by atoms with Crippen molar-refractivity contribution >= 4 is 17.7 Å². The van der Waals surface area contributed by atoms with E-state index in [0.717, 1.165) is 33.5 Å². The van der Waals surface area contributed by atoms with Crippen molar-refractivity contribution in [2.24, 2.45) is 0 Å². The van der Waals surface area contributed by atoms with Crippen molar-refractivity contribution in [2.45, 2.75) is 10.9 Å². The Morgan fingerprint density at radius 1 is 0.917 bits per heavy atom. The Morgan fingerprint density at radius 2 is 1.69 bits per heavy atom. The van der Waals surface area contributed by atoms with Crippen LogP contribution in [0.2, 0.25) is 0 Å². The van der Waals surface area contributed by atoms with Crippen molar-refractivity contribution in [3.63, 3.8) is 0 Å². The number of thioether (sulfide) groups is 1. The summed E-state index contributed by atoms with van der Waals surface area (Å²) in [7, 11) is 4.89. The molecule has 0 bridgehead atoms. The number of nitrogens with one attached hydrogen (secondary N) is 1. The predicted octanol–water partition coefficient (Wildman–Crippen LogP) is 4.62. The second-order valence-corrected chi connectivity index (χ2v) is 8.75. The van der Waals surface area contributed by atoms with Gasteiger partial charge in [-0.15, -0.1) is 10.2 Å². The van der Waals surface area contributed by atoms with Gasteiger partial charge in [0.15, 0.2) is 11.0 Å². The predicted molar refractivity (Wildman–Crippen MR) is 140 cm³/mol. The Labute approximate surface area is 214 Å². The van der Waals surface area contributed by atoms with Gasteiger partial charge in [-0.3, -0.25) is 9.36 Å². The van der Waals surface area contributed by atoms with Crippen molar-refractivity contribution in [2.75, 3.05) is 34.5 Å². The van der Waals surface area contributed by atoms with Crippen molar-refractivity contribution in [1.82, 2.24) is 20.1 Å².